The minimum atomic E-state index is -0.605. The van der Waals surface area contributed by atoms with Crippen molar-refractivity contribution in [2.24, 2.45) is 0 Å². The van der Waals surface area contributed by atoms with E-state index in [4.69, 9.17) is 11.6 Å². The van der Waals surface area contributed by atoms with Crippen molar-refractivity contribution >= 4 is 40.0 Å². The fourth-order valence-electron chi connectivity index (χ4n) is 1.91. The molecule has 0 aliphatic rings. The number of benzene rings is 1. The third kappa shape index (κ3) is 4.67. The van der Waals surface area contributed by atoms with Gasteiger partial charge in [-0.05, 0) is 17.7 Å². The number of halogens is 1. The van der Waals surface area contributed by atoms with E-state index < -0.39 is 12.1 Å². The smallest absolute Gasteiger partial charge is 0.321 e. The molecule has 0 saturated heterocycles. The van der Waals surface area contributed by atoms with Gasteiger partial charge in [0.1, 0.15) is 5.69 Å². The van der Waals surface area contributed by atoms with Gasteiger partial charge in [0.2, 0.25) is 0 Å². The largest absolute Gasteiger partial charge is 0.394 e. The summed E-state index contributed by atoms with van der Waals surface area (Å²) in [6.07, 6.45) is 0. The SMILES string of the molecule is CN(C)C(=O)c1csc(NC(=O)NC(CO)c2cccc(Cl)c2)n1. The molecule has 2 aromatic rings. The quantitative estimate of drug-likeness (QED) is 0.755. The lowest BCUT2D eigenvalue weighted by atomic mass is 10.1. The predicted octanol–water partition coefficient (Wildman–Crippen LogP) is 2.35. The maximum absolute atomic E-state index is 12.1. The third-order valence-corrected chi connectivity index (χ3v) is 4.08. The maximum Gasteiger partial charge on any atom is 0.321 e. The summed E-state index contributed by atoms with van der Waals surface area (Å²) < 4.78 is 0. The average molecular weight is 369 g/mol. The second-order valence-corrected chi connectivity index (χ2v) is 6.42. The number of hydrogen-bond acceptors (Lipinski definition) is 5. The fraction of sp³-hybridized carbons (Fsp3) is 0.267. The first-order valence-electron chi connectivity index (χ1n) is 7.01. The lowest BCUT2D eigenvalue weighted by molar-refractivity contribution is 0.0823. The number of nitrogens with zero attached hydrogens (tertiary/aromatic N) is 2. The molecule has 0 bridgehead atoms. The van der Waals surface area contributed by atoms with Crippen LogP contribution in [-0.4, -0.2) is 47.6 Å². The molecule has 1 aromatic heterocycles. The molecule has 1 atom stereocenters. The highest BCUT2D eigenvalue weighted by Gasteiger charge is 2.17. The Morgan fingerprint density at radius 3 is 2.79 bits per heavy atom. The Labute approximate surface area is 148 Å². The monoisotopic (exact) mass is 368 g/mol. The second kappa shape index (κ2) is 8.09. The van der Waals surface area contributed by atoms with Crippen LogP contribution in [0, 0.1) is 0 Å². The van der Waals surface area contributed by atoms with Crippen molar-refractivity contribution in [2.75, 3.05) is 26.0 Å². The van der Waals surface area contributed by atoms with E-state index in [0.717, 1.165) is 11.3 Å². The third-order valence-electron chi connectivity index (χ3n) is 3.09. The number of anilines is 1. The summed E-state index contributed by atoms with van der Waals surface area (Å²) in [5, 5.41) is 17.0. The molecular formula is C15H17ClN4O3S. The van der Waals surface area contributed by atoms with Gasteiger partial charge in [-0.15, -0.1) is 11.3 Å². The number of rotatable bonds is 5. The molecule has 3 amide bonds. The second-order valence-electron chi connectivity index (χ2n) is 5.13. The Bertz CT molecular complexity index is 735. The van der Waals surface area contributed by atoms with Gasteiger partial charge < -0.3 is 15.3 Å². The Hall–Kier alpha value is -2.16. The van der Waals surface area contributed by atoms with Crippen LogP contribution in [0.15, 0.2) is 29.6 Å². The normalized spacial score (nSPS) is 11.7. The Morgan fingerprint density at radius 2 is 2.17 bits per heavy atom. The highest BCUT2D eigenvalue weighted by molar-refractivity contribution is 7.14. The molecule has 24 heavy (non-hydrogen) atoms. The van der Waals surface area contributed by atoms with Crippen molar-refractivity contribution in [3.05, 3.63) is 45.9 Å². The van der Waals surface area contributed by atoms with Crippen LogP contribution < -0.4 is 10.6 Å². The lowest BCUT2D eigenvalue weighted by Crippen LogP contribution is -2.34. The summed E-state index contributed by atoms with van der Waals surface area (Å²) in [7, 11) is 3.25. The number of nitrogens with one attached hydrogen (secondary N) is 2. The van der Waals surface area contributed by atoms with Crippen molar-refractivity contribution in [2.45, 2.75) is 6.04 Å². The van der Waals surface area contributed by atoms with E-state index in [1.54, 1.807) is 43.7 Å². The molecule has 2 rings (SSSR count). The van der Waals surface area contributed by atoms with Crippen LogP contribution in [-0.2, 0) is 0 Å². The van der Waals surface area contributed by atoms with Crippen molar-refractivity contribution in [3.63, 3.8) is 0 Å². The molecule has 0 saturated carbocycles. The summed E-state index contributed by atoms with van der Waals surface area (Å²) in [6, 6.07) is 5.72. The Balaban J connectivity index is 2.00. The van der Waals surface area contributed by atoms with Crippen molar-refractivity contribution in [1.29, 1.82) is 0 Å². The van der Waals surface area contributed by atoms with Gasteiger partial charge in [0.25, 0.3) is 5.91 Å². The summed E-state index contributed by atoms with van der Waals surface area (Å²) >= 11 is 7.06. The van der Waals surface area contributed by atoms with E-state index in [1.165, 1.54) is 4.90 Å². The molecule has 1 aromatic carbocycles. The van der Waals surface area contributed by atoms with Crippen LogP contribution in [0.2, 0.25) is 5.02 Å². The summed E-state index contributed by atoms with van der Waals surface area (Å²) in [5.41, 5.74) is 0.941. The van der Waals surface area contributed by atoms with E-state index in [1.807, 2.05) is 0 Å². The lowest BCUT2D eigenvalue weighted by Gasteiger charge is -2.16. The number of urea groups is 1. The molecule has 0 aliphatic carbocycles. The highest BCUT2D eigenvalue weighted by Crippen LogP contribution is 2.19. The van der Waals surface area contributed by atoms with Crippen LogP contribution in [0.1, 0.15) is 22.1 Å². The van der Waals surface area contributed by atoms with Crippen LogP contribution in [0.5, 0.6) is 0 Å². The highest BCUT2D eigenvalue weighted by atomic mass is 35.5. The van der Waals surface area contributed by atoms with E-state index in [2.05, 4.69) is 15.6 Å². The molecule has 9 heteroatoms. The van der Waals surface area contributed by atoms with Crippen molar-refractivity contribution < 1.29 is 14.7 Å². The van der Waals surface area contributed by atoms with Crippen LogP contribution in [0.25, 0.3) is 0 Å². The topological polar surface area (TPSA) is 94.6 Å². The van der Waals surface area contributed by atoms with E-state index >= 15 is 0 Å². The number of carbonyl (C=O) groups excluding carboxylic acids is 2. The molecule has 7 nitrogen and oxygen atoms in total. The molecule has 0 radical (unpaired) electrons. The number of aliphatic hydroxyl groups excluding tert-OH is 1. The van der Waals surface area contributed by atoms with Crippen LogP contribution in [0.4, 0.5) is 9.93 Å². The molecule has 3 N–H and O–H groups in total. The van der Waals surface area contributed by atoms with Crippen LogP contribution >= 0.6 is 22.9 Å². The summed E-state index contributed by atoms with van der Waals surface area (Å²) in [5.74, 6) is -0.244. The fourth-order valence-corrected chi connectivity index (χ4v) is 2.79. The molecule has 1 heterocycles. The van der Waals surface area contributed by atoms with Crippen LogP contribution in [0.3, 0.4) is 0 Å². The first-order valence-corrected chi connectivity index (χ1v) is 8.27. The van der Waals surface area contributed by atoms with Gasteiger partial charge in [-0.3, -0.25) is 10.1 Å². The maximum atomic E-state index is 12.1. The van der Waals surface area contributed by atoms with Gasteiger partial charge in [-0.2, -0.15) is 0 Å². The van der Waals surface area contributed by atoms with Gasteiger partial charge in [0.15, 0.2) is 5.13 Å². The van der Waals surface area contributed by atoms with Gasteiger partial charge in [-0.1, -0.05) is 23.7 Å². The number of hydrogen-bond donors (Lipinski definition) is 3. The zero-order valence-electron chi connectivity index (χ0n) is 13.1. The molecule has 0 spiro atoms. The minimum Gasteiger partial charge on any atom is -0.394 e. The zero-order valence-corrected chi connectivity index (χ0v) is 14.7. The van der Waals surface area contributed by atoms with Gasteiger partial charge in [-0.25, -0.2) is 9.78 Å². The van der Waals surface area contributed by atoms with E-state index in [9.17, 15) is 14.7 Å². The van der Waals surface area contributed by atoms with Crippen molar-refractivity contribution in [3.8, 4) is 0 Å². The molecule has 0 fully saturated rings. The summed E-state index contributed by atoms with van der Waals surface area (Å²) in [4.78, 5) is 29.3. The van der Waals surface area contributed by atoms with E-state index in [0.29, 0.717) is 15.7 Å². The minimum absolute atomic E-state index is 0.244. The number of carbonyl (C=O) groups is 2. The number of aliphatic hydroxyl groups is 1. The molecule has 1 unspecified atom stereocenters. The van der Waals surface area contributed by atoms with Crippen molar-refractivity contribution in [1.82, 2.24) is 15.2 Å². The Morgan fingerprint density at radius 1 is 1.42 bits per heavy atom. The average Bonchev–Trinajstić information content (AvgIpc) is 3.00. The van der Waals surface area contributed by atoms with Gasteiger partial charge in [0.05, 0.1) is 12.6 Å². The molecule has 0 aliphatic heterocycles. The Kier molecular flexibility index (Phi) is 6.13. The predicted molar refractivity (Wildman–Crippen MR) is 93.6 cm³/mol. The molecular weight excluding hydrogens is 352 g/mol. The molecule has 128 valence electrons. The van der Waals surface area contributed by atoms with Gasteiger partial charge in [0, 0.05) is 24.5 Å². The summed E-state index contributed by atoms with van der Waals surface area (Å²) in [6.45, 7) is -0.282. The number of amides is 3. The first kappa shape index (κ1) is 18.2. The first-order chi connectivity index (χ1) is 11.4. The van der Waals surface area contributed by atoms with E-state index in [-0.39, 0.29) is 18.2 Å². The zero-order chi connectivity index (χ0) is 17.7. The van der Waals surface area contributed by atoms with Gasteiger partial charge >= 0.3 is 6.03 Å². The standard InChI is InChI=1S/C15H17ClN4O3S/c1-20(2)13(22)12-8-24-15(18-12)19-14(23)17-11(7-21)9-4-3-5-10(16)6-9/h3-6,8,11,21H,7H2,1-2H3,(H2,17,18,19,23). The number of aromatic nitrogens is 1. The number of thiazole rings is 1.